The summed E-state index contributed by atoms with van der Waals surface area (Å²) in [7, 11) is 0. The van der Waals surface area contributed by atoms with Crippen molar-refractivity contribution in [3.63, 3.8) is 0 Å². The van der Waals surface area contributed by atoms with Crippen LogP contribution in [-0.4, -0.2) is 28.9 Å². The average Bonchev–Trinajstić information content (AvgIpc) is 3.29. The van der Waals surface area contributed by atoms with Gasteiger partial charge in [0.2, 0.25) is 5.91 Å². The van der Waals surface area contributed by atoms with E-state index in [0.717, 1.165) is 50.0 Å². The summed E-state index contributed by atoms with van der Waals surface area (Å²) in [5, 5.41) is 3.30. The van der Waals surface area contributed by atoms with E-state index >= 15 is 0 Å². The second kappa shape index (κ2) is 10.3. The van der Waals surface area contributed by atoms with Gasteiger partial charge >= 0.3 is 0 Å². The van der Waals surface area contributed by atoms with Gasteiger partial charge in [-0.1, -0.05) is 25.0 Å². The molecule has 1 amide bonds. The first-order chi connectivity index (χ1) is 15.1. The number of pyridine rings is 1. The zero-order chi connectivity index (χ0) is 21.6. The first-order valence-corrected chi connectivity index (χ1v) is 11.4. The minimum atomic E-state index is -0.811. The maximum absolute atomic E-state index is 13.5. The second-order valence-electron chi connectivity index (χ2n) is 9.02. The molecule has 31 heavy (non-hydrogen) atoms. The summed E-state index contributed by atoms with van der Waals surface area (Å²) in [6, 6.07) is 9.89. The third kappa shape index (κ3) is 5.88. The van der Waals surface area contributed by atoms with Crippen LogP contribution in [0, 0.1) is 23.5 Å². The number of rotatable bonds is 7. The van der Waals surface area contributed by atoms with Crippen molar-refractivity contribution in [2.45, 2.75) is 57.5 Å². The number of likely N-dealkylation sites (tertiary alicyclic amines) is 1. The van der Waals surface area contributed by atoms with Gasteiger partial charge in [-0.2, -0.15) is 0 Å². The lowest BCUT2D eigenvalue weighted by atomic mass is 9.86. The number of benzene rings is 1. The number of nitrogens with zero attached hydrogens (tertiary/aromatic N) is 2. The Kier molecular flexibility index (Phi) is 7.28. The molecule has 0 bridgehead atoms. The normalized spacial score (nSPS) is 19.4. The monoisotopic (exact) mass is 427 g/mol. The Morgan fingerprint density at radius 2 is 1.84 bits per heavy atom. The zero-order valence-corrected chi connectivity index (χ0v) is 17.9. The summed E-state index contributed by atoms with van der Waals surface area (Å²) >= 11 is 0. The summed E-state index contributed by atoms with van der Waals surface area (Å²) < 4.78 is 26.7. The lowest BCUT2D eigenvalue weighted by Crippen LogP contribution is -2.41. The number of nitrogens with one attached hydrogen (secondary N) is 1. The van der Waals surface area contributed by atoms with E-state index in [4.69, 9.17) is 0 Å². The molecule has 0 radical (unpaired) electrons. The Hall–Kier alpha value is -2.34. The minimum absolute atomic E-state index is 0.0829. The molecule has 2 fully saturated rings. The number of hydrogen-bond donors (Lipinski definition) is 1. The van der Waals surface area contributed by atoms with Crippen LogP contribution in [0.1, 0.15) is 62.2 Å². The van der Waals surface area contributed by atoms with Crippen LogP contribution in [0.2, 0.25) is 0 Å². The van der Waals surface area contributed by atoms with E-state index in [1.165, 1.54) is 25.0 Å². The SMILES string of the molecule is O=C(CC1CCCC1)N[C@@H](c1ccccn1)C1CCN(Cc2ccc(F)c(F)c2)CC1. The molecule has 1 saturated carbocycles. The van der Waals surface area contributed by atoms with Gasteiger partial charge in [0.1, 0.15) is 0 Å². The van der Waals surface area contributed by atoms with Gasteiger partial charge in [0.05, 0.1) is 11.7 Å². The van der Waals surface area contributed by atoms with E-state index in [1.54, 1.807) is 12.3 Å². The van der Waals surface area contributed by atoms with Crippen molar-refractivity contribution >= 4 is 5.91 Å². The molecule has 166 valence electrons. The zero-order valence-electron chi connectivity index (χ0n) is 17.9. The lowest BCUT2D eigenvalue weighted by molar-refractivity contribution is -0.123. The minimum Gasteiger partial charge on any atom is -0.347 e. The highest BCUT2D eigenvalue weighted by Crippen LogP contribution is 2.32. The van der Waals surface area contributed by atoms with E-state index in [0.29, 0.717) is 24.8 Å². The third-order valence-electron chi connectivity index (χ3n) is 6.77. The van der Waals surface area contributed by atoms with Crippen molar-refractivity contribution in [3.05, 3.63) is 65.5 Å². The first-order valence-electron chi connectivity index (χ1n) is 11.4. The molecule has 1 aromatic carbocycles. The highest BCUT2D eigenvalue weighted by atomic mass is 19.2. The van der Waals surface area contributed by atoms with Crippen LogP contribution in [0.3, 0.4) is 0 Å². The molecule has 1 aliphatic carbocycles. The number of carbonyl (C=O) groups is 1. The Morgan fingerprint density at radius 1 is 1.06 bits per heavy atom. The van der Waals surface area contributed by atoms with Crippen molar-refractivity contribution in [3.8, 4) is 0 Å². The fourth-order valence-electron chi connectivity index (χ4n) is 5.04. The maximum Gasteiger partial charge on any atom is 0.220 e. The van der Waals surface area contributed by atoms with Gasteiger partial charge in [-0.15, -0.1) is 0 Å². The number of carbonyl (C=O) groups excluding carboxylic acids is 1. The summed E-state index contributed by atoms with van der Waals surface area (Å²) in [4.78, 5) is 19.6. The smallest absolute Gasteiger partial charge is 0.220 e. The van der Waals surface area contributed by atoms with Crippen molar-refractivity contribution in [1.29, 1.82) is 0 Å². The lowest BCUT2D eigenvalue weighted by Gasteiger charge is -2.36. The molecule has 2 aliphatic rings. The fourth-order valence-corrected chi connectivity index (χ4v) is 5.04. The fraction of sp³-hybridized carbons (Fsp3) is 0.520. The molecule has 1 aliphatic heterocycles. The summed E-state index contributed by atoms with van der Waals surface area (Å²) in [5.74, 6) is -0.653. The molecular formula is C25H31F2N3O. The van der Waals surface area contributed by atoms with E-state index in [9.17, 15) is 13.6 Å². The largest absolute Gasteiger partial charge is 0.347 e. The molecular weight excluding hydrogens is 396 g/mol. The predicted molar refractivity (Wildman–Crippen MR) is 116 cm³/mol. The molecule has 6 heteroatoms. The predicted octanol–water partition coefficient (Wildman–Crippen LogP) is 5.01. The van der Waals surface area contributed by atoms with Gasteiger partial charge < -0.3 is 5.32 Å². The van der Waals surface area contributed by atoms with Gasteiger partial charge in [0.25, 0.3) is 0 Å². The van der Waals surface area contributed by atoms with Crippen molar-refractivity contribution < 1.29 is 13.6 Å². The molecule has 2 aromatic rings. The van der Waals surface area contributed by atoms with Crippen LogP contribution < -0.4 is 5.32 Å². The Balaban J connectivity index is 1.37. The van der Waals surface area contributed by atoms with Gasteiger partial charge in [0.15, 0.2) is 11.6 Å². The average molecular weight is 428 g/mol. The molecule has 4 rings (SSSR count). The van der Waals surface area contributed by atoms with E-state index in [2.05, 4.69) is 15.2 Å². The van der Waals surface area contributed by atoms with Crippen LogP contribution in [0.4, 0.5) is 8.78 Å². The Morgan fingerprint density at radius 3 is 2.52 bits per heavy atom. The Bertz CT molecular complexity index is 862. The van der Waals surface area contributed by atoms with Crippen LogP contribution in [0.25, 0.3) is 0 Å². The van der Waals surface area contributed by atoms with Crippen molar-refractivity contribution in [2.75, 3.05) is 13.1 Å². The highest BCUT2D eigenvalue weighted by molar-refractivity contribution is 5.76. The number of hydrogen-bond acceptors (Lipinski definition) is 3. The molecule has 4 nitrogen and oxygen atoms in total. The van der Waals surface area contributed by atoms with Crippen LogP contribution in [-0.2, 0) is 11.3 Å². The van der Waals surface area contributed by atoms with E-state index in [-0.39, 0.29) is 11.9 Å². The molecule has 2 heterocycles. The van der Waals surface area contributed by atoms with Gasteiger partial charge in [-0.3, -0.25) is 14.7 Å². The molecule has 0 spiro atoms. The molecule has 1 saturated heterocycles. The van der Waals surface area contributed by atoms with E-state index in [1.807, 2.05) is 18.2 Å². The first kappa shape index (κ1) is 21.9. The maximum atomic E-state index is 13.5. The standard InChI is InChI=1S/C25H31F2N3O/c26-21-9-8-19(15-22(21)27)17-30-13-10-20(11-14-30)25(23-7-3-4-12-28-23)29-24(31)16-18-5-1-2-6-18/h3-4,7-9,12,15,18,20,25H,1-2,5-6,10-11,13-14,16-17H2,(H,29,31)/t25-/m1/s1. The summed E-state index contributed by atoms with van der Waals surface area (Å²) in [6.45, 7) is 2.31. The van der Waals surface area contributed by atoms with Gasteiger partial charge in [-0.25, -0.2) is 8.78 Å². The quantitative estimate of drug-likeness (QED) is 0.676. The number of amides is 1. The summed E-state index contributed by atoms with van der Waals surface area (Å²) in [5.41, 5.74) is 1.70. The third-order valence-corrected chi connectivity index (χ3v) is 6.77. The van der Waals surface area contributed by atoms with Gasteiger partial charge in [-0.05, 0) is 80.4 Å². The summed E-state index contributed by atoms with van der Waals surface area (Å²) in [6.07, 6.45) is 9.02. The molecule has 1 atom stereocenters. The molecule has 1 N–H and O–H groups in total. The second-order valence-corrected chi connectivity index (χ2v) is 9.02. The number of piperidine rings is 1. The van der Waals surface area contributed by atoms with Crippen molar-refractivity contribution in [2.24, 2.45) is 11.8 Å². The van der Waals surface area contributed by atoms with Crippen LogP contribution in [0.5, 0.6) is 0 Å². The topological polar surface area (TPSA) is 45.2 Å². The highest BCUT2D eigenvalue weighted by Gasteiger charge is 2.30. The van der Waals surface area contributed by atoms with Crippen molar-refractivity contribution in [1.82, 2.24) is 15.2 Å². The van der Waals surface area contributed by atoms with E-state index < -0.39 is 11.6 Å². The van der Waals surface area contributed by atoms with Gasteiger partial charge in [0, 0.05) is 19.2 Å². The molecule has 0 unspecified atom stereocenters. The molecule has 1 aromatic heterocycles. The van der Waals surface area contributed by atoms with Crippen LogP contribution in [0.15, 0.2) is 42.6 Å². The number of aromatic nitrogens is 1. The van der Waals surface area contributed by atoms with Crippen LogP contribution >= 0.6 is 0 Å². The Labute approximate surface area is 183 Å². The number of halogens is 2.